The first-order valence-electron chi connectivity index (χ1n) is 2.96. The zero-order valence-corrected chi connectivity index (χ0v) is 8.15. The van der Waals surface area contributed by atoms with Crippen LogP contribution in [0.3, 0.4) is 0 Å². The normalized spacial score (nSPS) is 14.9. The lowest BCUT2D eigenvalue weighted by atomic mass is 10.9. The van der Waals surface area contributed by atoms with Crippen LogP contribution < -0.4 is 0 Å². The molecule has 1 N–H and O–H groups in total. The number of alkyl halides is 1. The first kappa shape index (κ1) is 13.1. The predicted molar refractivity (Wildman–Crippen MR) is 43.8 cm³/mol. The standard InChI is InChI=1S/C4H11O3P.CH3Cl/c1-3-7-8(5,6)4-2;1-2/h3-4H2,1-2H3,(H,5,6);1H3. The van der Waals surface area contributed by atoms with Crippen LogP contribution in [0.2, 0.25) is 0 Å². The van der Waals surface area contributed by atoms with Gasteiger partial charge in [0.2, 0.25) is 0 Å². The molecule has 0 rings (SSSR count). The van der Waals surface area contributed by atoms with Crippen molar-refractivity contribution >= 4 is 19.2 Å². The third-order valence-electron chi connectivity index (χ3n) is 0.730. The lowest BCUT2D eigenvalue weighted by Gasteiger charge is -2.05. The molecule has 0 spiro atoms. The maximum absolute atomic E-state index is 10.5. The molecule has 10 heavy (non-hydrogen) atoms. The van der Waals surface area contributed by atoms with E-state index >= 15 is 0 Å². The maximum atomic E-state index is 10.5. The monoisotopic (exact) mass is 188 g/mol. The largest absolute Gasteiger partial charge is 0.327 e. The van der Waals surface area contributed by atoms with Crippen molar-refractivity contribution in [2.75, 3.05) is 19.2 Å². The topological polar surface area (TPSA) is 46.5 Å². The Kier molecular flexibility index (Phi) is 9.86. The van der Waals surface area contributed by atoms with Crippen LogP contribution in [0.4, 0.5) is 0 Å². The van der Waals surface area contributed by atoms with Gasteiger partial charge in [0.05, 0.1) is 6.61 Å². The fraction of sp³-hybridized carbons (Fsp3) is 1.00. The quantitative estimate of drug-likeness (QED) is 0.545. The third-order valence-corrected chi connectivity index (χ3v) is 2.19. The molecular weight excluding hydrogens is 174 g/mol. The molecule has 5 heteroatoms. The van der Waals surface area contributed by atoms with Gasteiger partial charge in [-0.3, -0.25) is 4.57 Å². The van der Waals surface area contributed by atoms with E-state index in [9.17, 15) is 4.57 Å². The van der Waals surface area contributed by atoms with E-state index in [0.29, 0.717) is 6.61 Å². The molecule has 0 saturated heterocycles. The van der Waals surface area contributed by atoms with Crippen LogP contribution >= 0.6 is 19.2 Å². The van der Waals surface area contributed by atoms with Crippen molar-refractivity contribution in [3.05, 3.63) is 0 Å². The van der Waals surface area contributed by atoms with Crippen LogP contribution in [-0.4, -0.2) is 24.0 Å². The Labute approximate surface area is 66.9 Å². The minimum absolute atomic E-state index is 0.195. The van der Waals surface area contributed by atoms with E-state index in [1.165, 1.54) is 6.38 Å². The van der Waals surface area contributed by atoms with Crippen molar-refractivity contribution in [3.63, 3.8) is 0 Å². The van der Waals surface area contributed by atoms with Crippen LogP contribution in [0.1, 0.15) is 13.8 Å². The fourth-order valence-electron chi connectivity index (χ4n) is 0.293. The summed E-state index contributed by atoms with van der Waals surface area (Å²) in [6.45, 7) is 3.62. The summed E-state index contributed by atoms with van der Waals surface area (Å²) in [4.78, 5) is 8.66. The minimum Gasteiger partial charge on any atom is -0.324 e. The fourth-order valence-corrected chi connectivity index (χ4v) is 0.879. The highest BCUT2D eigenvalue weighted by Crippen LogP contribution is 2.40. The molecular formula is C5H14ClO3P. The van der Waals surface area contributed by atoms with Gasteiger partial charge in [-0.2, -0.15) is 0 Å². The summed E-state index contributed by atoms with van der Waals surface area (Å²) in [7, 11) is -3.17. The lowest BCUT2D eigenvalue weighted by molar-refractivity contribution is 0.275. The van der Waals surface area contributed by atoms with Gasteiger partial charge in [0.15, 0.2) is 0 Å². The molecule has 64 valence electrons. The van der Waals surface area contributed by atoms with Crippen LogP contribution in [0, 0.1) is 0 Å². The number of halogens is 1. The van der Waals surface area contributed by atoms with Gasteiger partial charge in [-0.15, -0.1) is 11.6 Å². The van der Waals surface area contributed by atoms with E-state index in [0.717, 1.165) is 0 Å². The van der Waals surface area contributed by atoms with E-state index in [1.54, 1.807) is 13.8 Å². The van der Waals surface area contributed by atoms with Crippen molar-refractivity contribution in [2.45, 2.75) is 13.8 Å². The van der Waals surface area contributed by atoms with Crippen molar-refractivity contribution in [3.8, 4) is 0 Å². The molecule has 0 heterocycles. The van der Waals surface area contributed by atoms with Gasteiger partial charge in [0.25, 0.3) is 0 Å². The molecule has 0 saturated carbocycles. The van der Waals surface area contributed by atoms with E-state index in [1.807, 2.05) is 0 Å². The summed E-state index contributed by atoms with van der Waals surface area (Å²) in [5.74, 6) is 0. The summed E-state index contributed by atoms with van der Waals surface area (Å²) in [5, 5.41) is 0. The molecule has 0 radical (unpaired) electrons. The molecule has 0 aromatic rings. The van der Waals surface area contributed by atoms with Gasteiger partial charge < -0.3 is 9.42 Å². The SMILES string of the molecule is CCOP(=O)(O)CC.CCl. The minimum atomic E-state index is -3.17. The summed E-state index contributed by atoms with van der Waals surface area (Å²) in [6, 6.07) is 0. The van der Waals surface area contributed by atoms with Crippen LogP contribution in [-0.2, 0) is 9.09 Å². The van der Waals surface area contributed by atoms with Gasteiger partial charge in [0, 0.05) is 12.5 Å². The molecule has 0 fully saturated rings. The molecule has 0 aromatic carbocycles. The molecule has 0 aromatic heterocycles. The Morgan fingerprint density at radius 1 is 1.50 bits per heavy atom. The Bertz CT molecular complexity index is 107. The van der Waals surface area contributed by atoms with Crippen LogP contribution in [0.25, 0.3) is 0 Å². The highest BCUT2D eigenvalue weighted by molar-refractivity contribution is 7.52. The molecule has 0 amide bonds. The Balaban J connectivity index is 0. The highest BCUT2D eigenvalue weighted by Gasteiger charge is 2.12. The molecule has 1 unspecified atom stereocenters. The summed E-state index contributed by atoms with van der Waals surface area (Å²) >= 11 is 4.64. The third kappa shape index (κ3) is 8.44. The van der Waals surface area contributed by atoms with E-state index in [2.05, 4.69) is 16.1 Å². The van der Waals surface area contributed by atoms with E-state index in [-0.39, 0.29) is 6.16 Å². The predicted octanol–water partition coefficient (Wildman–Crippen LogP) is 2.08. The molecule has 3 nitrogen and oxygen atoms in total. The maximum Gasteiger partial charge on any atom is 0.327 e. The second-order valence-corrected chi connectivity index (χ2v) is 3.54. The van der Waals surface area contributed by atoms with Crippen molar-refractivity contribution in [1.82, 2.24) is 0 Å². The Hall–Kier alpha value is 0.440. The average molecular weight is 189 g/mol. The van der Waals surface area contributed by atoms with Gasteiger partial charge in [-0.05, 0) is 6.92 Å². The van der Waals surface area contributed by atoms with Gasteiger partial charge in [-0.1, -0.05) is 6.92 Å². The highest BCUT2D eigenvalue weighted by atomic mass is 35.5. The van der Waals surface area contributed by atoms with Crippen molar-refractivity contribution in [2.24, 2.45) is 0 Å². The van der Waals surface area contributed by atoms with Crippen molar-refractivity contribution in [1.29, 1.82) is 0 Å². The van der Waals surface area contributed by atoms with Gasteiger partial charge in [0.1, 0.15) is 0 Å². The summed E-state index contributed by atoms with van der Waals surface area (Å²) < 4.78 is 15.0. The van der Waals surface area contributed by atoms with Crippen LogP contribution in [0.5, 0.6) is 0 Å². The average Bonchev–Trinajstić information content (AvgIpc) is 1.93. The molecule has 0 aliphatic rings. The number of hydrogen-bond acceptors (Lipinski definition) is 2. The number of hydrogen-bond donors (Lipinski definition) is 1. The Morgan fingerprint density at radius 3 is 2.00 bits per heavy atom. The smallest absolute Gasteiger partial charge is 0.324 e. The zero-order chi connectivity index (χ0) is 8.62. The van der Waals surface area contributed by atoms with E-state index < -0.39 is 7.60 Å². The Morgan fingerprint density at radius 2 is 1.90 bits per heavy atom. The first-order valence-corrected chi connectivity index (χ1v) is 5.48. The van der Waals surface area contributed by atoms with Gasteiger partial charge >= 0.3 is 7.60 Å². The second-order valence-electron chi connectivity index (χ2n) is 1.37. The summed E-state index contributed by atoms with van der Waals surface area (Å²) in [5.41, 5.74) is 0. The lowest BCUT2D eigenvalue weighted by Crippen LogP contribution is -1.89. The molecule has 1 atom stereocenters. The first-order chi connectivity index (χ1) is 4.62. The van der Waals surface area contributed by atoms with E-state index in [4.69, 9.17) is 4.89 Å². The van der Waals surface area contributed by atoms with Crippen molar-refractivity contribution < 1.29 is 14.0 Å². The van der Waals surface area contributed by atoms with Gasteiger partial charge in [-0.25, -0.2) is 0 Å². The van der Waals surface area contributed by atoms with Crippen LogP contribution in [0.15, 0.2) is 0 Å². The zero-order valence-electron chi connectivity index (χ0n) is 6.50. The number of rotatable bonds is 3. The second kappa shape index (κ2) is 7.55. The summed E-state index contributed by atoms with van der Waals surface area (Å²) in [6.07, 6.45) is 1.67. The molecule has 0 aliphatic heterocycles. The molecule has 0 bridgehead atoms. The molecule has 0 aliphatic carbocycles.